The smallest absolute Gasteiger partial charge is 0.208 e. The Morgan fingerprint density at radius 1 is 1.40 bits per heavy atom. The molecule has 0 saturated carbocycles. The van der Waals surface area contributed by atoms with Crippen LogP contribution in [0.4, 0.5) is 4.39 Å². The van der Waals surface area contributed by atoms with Crippen LogP contribution in [0, 0.1) is 5.82 Å². The molecule has 2 rings (SSSR count). The van der Waals surface area contributed by atoms with E-state index in [4.69, 9.17) is 0 Å². The monoisotopic (exact) mass is 228 g/mol. The van der Waals surface area contributed by atoms with Gasteiger partial charge in [0.15, 0.2) is 0 Å². The third-order valence-corrected chi connectivity index (χ3v) is 4.33. The zero-order valence-electron chi connectivity index (χ0n) is 7.94. The van der Waals surface area contributed by atoms with Gasteiger partial charge in [-0.3, -0.25) is 0 Å². The molecule has 5 heteroatoms. The average Bonchev–Trinajstić information content (AvgIpc) is 2.39. The van der Waals surface area contributed by atoms with Crippen molar-refractivity contribution in [2.75, 3.05) is 0 Å². The van der Waals surface area contributed by atoms with Crippen LogP contribution in [-0.4, -0.2) is 19.6 Å². The highest BCUT2D eigenvalue weighted by molar-refractivity contribution is 7.96. The predicted octanol–water partition coefficient (Wildman–Crippen LogP) is 1.33. The van der Waals surface area contributed by atoms with E-state index >= 15 is 0 Å². The number of rotatable bonds is 1. The second kappa shape index (κ2) is 3.15. The maximum Gasteiger partial charge on any atom is 0.208 e. The van der Waals surface area contributed by atoms with Crippen LogP contribution in [0.15, 0.2) is 28.0 Å². The predicted molar refractivity (Wildman–Crippen MR) is 53.2 cm³/mol. The standard InChI is InChI=1S/C10H9FO3S/c1-6(12)9-5-7-3-2-4-8(11)10(7)15(9,13)14/h2-6,12H,1H3. The maximum absolute atomic E-state index is 13.3. The van der Waals surface area contributed by atoms with Crippen molar-refractivity contribution >= 4 is 15.9 Å². The van der Waals surface area contributed by atoms with E-state index in [1.54, 1.807) is 0 Å². The van der Waals surface area contributed by atoms with Crippen molar-refractivity contribution in [3.8, 4) is 0 Å². The molecule has 0 saturated heterocycles. The largest absolute Gasteiger partial charge is 0.388 e. The maximum atomic E-state index is 13.3. The van der Waals surface area contributed by atoms with Gasteiger partial charge in [-0.15, -0.1) is 0 Å². The fourth-order valence-electron chi connectivity index (χ4n) is 1.62. The van der Waals surface area contributed by atoms with Crippen molar-refractivity contribution < 1.29 is 17.9 Å². The third kappa shape index (κ3) is 1.39. The number of aliphatic hydroxyl groups excluding tert-OH is 1. The lowest BCUT2D eigenvalue weighted by Crippen LogP contribution is -2.13. The lowest BCUT2D eigenvalue weighted by molar-refractivity contribution is 0.240. The second-order valence-electron chi connectivity index (χ2n) is 3.38. The molecule has 1 aliphatic heterocycles. The van der Waals surface area contributed by atoms with Crippen molar-refractivity contribution in [2.24, 2.45) is 0 Å². The van der Waals surface area contributed by atoms with Gasteiger partial charge in [-0.1, -0.05) is 12.1 Å². The molecule has 1 N–H and O–H groups in total. The summed E-state index contributed by atoms with van der Waals surface area (Å²) in [5, 5.41) is 9.28. The molecular formula is C10H9FO3S. The zero-order valence-corrected chi connectivity index (χ0v) is 8.75. The Balaban J connectivity index is 2.75. The lowest BCUT2D eigenvalue weighted by atomic mass is 10.2. The van der Waals surface area contributed by atoms with Gasteiger partial charge in [0.1, 0.15) is 10.7 Å². The van der Waals surface area contributed by atoms with E-state index in [1.165, 1.54) is 25.1 Å². The minimum atomic E-state index is -3.84. The van der Waals surface area contributed by atoms with Gasteiger partial charge >= 0.3 is 0 Å². The SMILES string of the molecule is CC(O)C1=Cc2cccc(F)c2S1(=O)=O. The summed E-state index contributed by atoms with van der Waals surface area (Å²) in [5.74, 6) is -0.778. The van der Waals surface area contributed by atoms with Crippen LogP contribution in [0.1, 0.15) is 12.5 Å². The van der Waals surface area contributed by atoms with Crippen LogP contribution in [0.25, 0.3) is 6.08 Å². The minimum absolute atomic E-state index is 0.150. The third-order valence-electron chi connectivity index (χ3n) is 2.29. The molecule has 0 aliphatic carbocycles. The number of fused-ring (bicyclic) bond motifs is 1. The molecule has 1 unspecified atom stereocenters. The highest BCUT2D eigenvalue weighted by Crippen LogP contribution is 2.35. The van der Waals surface area contributed by atoms with Gasteiger partial charge in [-0.05, 0) is 24.6 Å². The Morgan fingerprint density at radius 3 is 2.60 bits per heavy atom. The van der Waals surface area contributed by atoms with Gasteiger partial charge in [0, 0.05) is 0 Å². The molecule has 0 aromatic heterocycles. The first-order chi connectivity index (χ1) is 6.94. The number of sulfone groups is 1. The number of aliphatic hydroxyl groups is 1. The topological polar surface area (TPSA) is 54.4 Å². The van der Waals surface area contributed by atoms with E-state index in [2.05, 4.69) is 0 Å². The molecule has 1 atom stereocenters. The Morgan fingerprint density at radius 2 is 2.07 bits per heavy atom. The summed E-state index contributed by atoms with van der Waals surface area (Å²) in [5.41, 5.74) is 0.297. The van der Waals surface area contributed by atoms with Crippen LogP contribution in [0.2, 0.25) is 0 Å². The molecule has 0 amide bonds. The summed E-state index contributed by atoms with van der Waals surface area (Å²) < 4.78 is 36.9. The molecule has 80 valence electrons. The van der Waals surface area contributed by atoms with E-state index in [-0.39, 0.29) is 9.80 Å². The van der Waals surface area contributed by atoms with Crippen LogP contribution >= 0.6 is 0 Å². The fraction of sp³-hybridized carbons (Fsp3) is 0.200. The van der Waals surface area contributed by atoms with Gasteiger partial charge in [-0.2, -0.15) is 0 Å². The van der Waals surface area contributed by atoms with Crippen molar-refractivity contribution in [2.45, 2.75) is 17.9 Å². The van der Waals surface area contributed by atoms with E-state index in [1.807, 2.05) is 0 Å². The minimum Gasteiger partial charge on any atom is -0.388 e. The summed E-state index contributed by atoms with van der Waals surface area (Å²) in [4.78, 5) is -0.483. The normalized spacial score (nSPS) is 19.5. The van der Waals surface area contributed by atoms with Crippen molar-refractivity contribution in [3.63, 3.8) is 0 Å². The number of hydrogen-bond donors (Lipinski definition) is 1. The van der Waals surface area contributed by atoms with E-state index < -0.39 is 21.8 Å². The first-order valence-electron chi connectivity index (χ1n) is 4.38. The molecule has 0 fully saturated rings. The summed E-state index contributed by atoms with van der Waals surface area (Å²) in [6.07, 6.45) is 0.181. The molecule has 0 bridgehead atoms. The molecule has 0 radical (unpaired) electrons. The molecule has 3 nitrogen and oxygen atoms in total. The number of hydrogen-bond acceptors (Lipinski definition) is 3. The second-order valence-corrected chi connectivity index (χ2v) is 5.27. The average molecular weight is 228 g/mol. The van der Waals surface area contributed by atoms with Gasteiger partial charge in [0.2, 0.25) is 9.84 Å². The number of halogens is 1. The molecule has 1 aliphatic rings. The molecule has 1 aromatic carbocycles. The Kier molecular flexibility index (Phi) is 2.17. The summed E-state index contributed by atoms with van der Waals surface area (Å²) >= 11 is 0. The lowest BCUT2D eigenvalue weighted by Gasteiger charge is -2.06. The van der Waals surface area contributed by atoms with Crippen LogP contribution < -0.4 is 0 Å². The Labute approximate surface area is 86.8 Å². The van der Waals surface area contributed by atoms with Gasteiger partial charge in [-0.25, -0.2) is 12.8 Å². The first-order valence-corrected chi connectivity index (χ1v) is 5.86. The van der Waals surface area contributed by atoms with E-state index in [9.17, 15) is 17.9 Å². The Bertz CT molecular complexity index is 544. The van der Waals surface area contributed by atoms with E-state index in [0.29, 0.717) is 5.56 Å². The highest BCUT2D eigenvalue weighted by Gasteiger charge is 2.34. The fourth-order valence-corrected chi connectivity index (χ4v) is 3.35. The molecule has 1 heterocycles. The molecular weight excluding hydrogens is 219 g/mol. The van der Waals surface area contributed by atoms with Gasteiger partial charge in [0.25, 0.3) is 0 Å². The van der Waals surface area contributed by atoms with Crippen LogP contribution in [0.5, 0.6) is 0 Å². The summed E-state index contributed by atoms with van der Waals surface area (Å²) in [6, 6.07) is 4.03. The van der Waals surface area contributed by atoms with Crippen molar-refractivity contribution in [3.05, 3.63) is 34.5 Å². The first kappa shape index (κ1) is 10.3. The van der Waals surface area contributed by atoms with Crippen molar-refractivity contribution in [1.29, 1.82) is 0 Å². The Hall–Kier alpha value is -1.20. The van der Waals surface area contributed by atoms with Gasteiger partial charge < -0.3 is 5.11 Å². The van der Waals surface area contributed by atoms with E-state index in [0.717, 1.165) is 6.07 Å². The quantitative estimate of drug-likeness (QED) is 0.789. The summed E-state index contributed by atoms with van der Waals surface area (Å²) in [6.45, 7) is 1.34. The molecule has 0 spiro atoms. The van der Waals surface area contributed by atoms with Crippen molar-refractivity contribution in [1.82, 2.24) is 0 Å². The number of benzene rings is 1. The molecule has 15 heavy (non-hydrogen) atoms. The summed E-state index contributed by atoms with van der Waals surface area (Å²) in [7, 11) is -3.84. The molecule has 1 aromatic rings. The van der Waals surface area contributed by atoms with Crippen LogP contribution in [-0.2, 0) is 9.84 Å². The zero-order chi connectivity index (χ0) is 11.2. The van der Waals surface area contributed by atoms with Crippen LogP contribution in [0.3, 0.4) is 0 Å². The highest BCUT2D eigenvalue weighted by atomic mass is 32.2. The van der Waals surface area contributed by atoms with Gasteiger partial charge in [0.05, 0.1) is 11.0 Å².